The number of hydrogen-bond donors (Lipinski definition) is 1. The molecule has 9 heavy (non-hydrogen) atoms. The smallest absolute Gasteiger partial charge is 0.108 e. The molecule has 0 spiro atoms. The van der Waals surface area contributed by atoms with Gasteiger partial charge in [-0.25, -0.2) is 0 Å². The van der Waals surface area contributed by atoms with Crippen LogP contribution in [0.25, 0.3) is 0 Å². The molecule has 0 radical (unpaired) electrons. The van der Waals surface area contributed by atoms with Crippen molar-refractivity contribution in [3.05, 3.63) is 14.9 Å². The average molecular weight is 227 g/mol. The number of rotatable bonds is 1. The van der Waals surface area contributed by atoms with Crippen LogP contribution in [0, 0.1) is 0 Å². The predicted molar refractivity (Wildman–Crippen MR) is 46.6 cm³/mol. The number of halogens is 2. The van der Waals surface area contributed by atoms with Crippen LogP contribution in [0.3, 0.4) is 0 Å². The molecule has 50 valence electrons. The second kappa shape index (κ2) is 2.90. The first-order valence-electron chi connectivity index (χ1n) is 2.36. The van der Waals surface area contributed by atoms with Gasteiger partial charge in [-0.1, -0.05) is 11.6 Å². The van der Waals surface area contributed by atoms with Gasteiger partial charge in [0.25, 0.3) is 0 Å². The molecule has 0 fully saturated rings. The first-order valence-corrected chi connectivity index (χ1v) is 4.35. The highest BCUT2D eigenvalue weighted by molar-refractivity contribution is 9.11. The van der Waals surface area contributed by atoms with Gasteiger partial charge in [0.2, 0.25) is 0 Å². The molecule has 0 bridgehead atoms. The van der Waals surface area contributed by atoms with Crippen LogP contribution in [0.15, 0.2) is 9.85 Å². The summed E-state index contributed by atoms with van der Waals surface area (Å²) in [6.45, 7) is 0. The summed E-state index contributed by atoms with van der Waals surface area (Å²) in [7, 11) is 1.85. The Kier molecular flexibility index (Phi) is 2.38. The molecule has 0 unspecified atom stereocenters. The van der Waals surface area contributed by atoms with Crippen LogP contribution < -0.4 is 5.32 Å². The zero-order valence-corrected chi connectivity index (χ0v) is 7.90. The largest absolute Gasteiger partial charge is 0.379 e. The van der Waals surface area contributed by atoms with Crippen molar-refractivity contribution in [3.63, 3.8) is 0 Å². The fraction of sp³-hybridized carbons (Fsp3) is 0.200. The average Bonchev–Trinajstić information content (AvgIpc) is 2.10. The van der Waals surface area contributed by atoms with Crippen LogP contribution in [0.2, 0.25) is 5.02 Å². The van der Waals surface area contributed by atoms with Gasteiger partial charge < -0.3 is 5.32 Å². The molecule has 1 heterocycles. The standard InChI is InChI=1S/C5H5BrClNS/c1-8-5-3(7)2-4(6)9-5/h2,8H,1H3. The highest BCUT2D eigenvalue weighted by Gasteiger charge is 2.01. The highest BCUT2D eigenvalue weighted by atomic mass is 79.9. The van der Waals surface area contributed by atoms with Crippen LogP contribution in [-0.4, -0.2) is 7.05 Å². The van der Waals surface area contributed by atoms with E-state index in [9.17, 15) is 0 Å². The quantitative estimate of drug-likeness (QED) is 0.775. The molecule has 1 N–H and O–H groups in total. The van der Waals surface area contributed by atoms with E-state index in [1.807, 2.05) is 13.1 Å². The van der Waals surface area contributed by atoms with Crippen molar-refractivity contribution in [3.8, 4) is 0 Å². The highest BCUT2D eigenvalue weighted by Crippen LogP contribution is 2.34. The Bertz CT molecular complexity index is 211. The Hall–Kier alpha value is 0.270. The van der Waals surface area contributed by atoms with Crippen molar-refractivity contribution >= 4 is 43.9 Å². The summed E-state index contributed by atoms with van der Waals surface area (Å²) in [5.74, 6) is 0. The van der Waals surface area contributed by atoms with E-state index in [2.05, 4.69) is 21.2 Å². The molecule has 0 aliphatic rings. The van der Waals surface area contributed by atoms with Gasteiger partial charge in [0.15, 0.2) is 0 Å². The number of hydrogen-bond acceptors (Lipinski definition) is 2. The number of anilines is 1. The second-order valence-corrected chi connectivity index (χ2v) is 4.32. The molecular weight excluding hydrogens is 221 g/mol. The van der Waals surface area contributed by atoms with Crippen molar-refractivity contribution in [2.75, 3.05) is 12.4 Å². The first-order chi connectivity index (χ1) is 4.24. The lowest BCUT2D eigenvalue weighted by molar-refractivity contribution is 1.59. The predicted octanol–water partition coefficient (Wildman–Crippen LogP) is 3.21. The van der Waals surface area contributed by atoms with Crippen LogP contribution in [0.1, 0.15) is 0 Å². The lowest BCUT2D eigenvalue weighted by Crippen LogP contribution is -1.81. The van der Waals surface area contributed by atoms with E-state index in [0.29, 0.717) is 0 Å². The Morgan fingerprint density at radius 1 is 1.78 bits per heavy atom. The summed E-state index contributed by atoms with van der Waals surface area (Å²) in [5.41, 5.74) is 0. The minimum Gasteiger partial charge on any atom is -0.379 e. The molecule has 1 aromatic heterocycles. The summed E-state index contributed by atoms with van der Waals surface area (Å²) >= 11 is 10.7. The van der Waals surface area contributed by atoms with E-state index in [0.717, 1.165) is 13.8 Å². The monoisotopic (exact) mass is 225 g/mol. The summed E-state index contributed by atoms with van der Waals surface area (Å²) in [4.78, 5) is 0. The summed E-state index contributed by atoms with van der Waals surface area (Å²) in [5, 5.41) is 4.75. The van der Waals surface area contributed by atoms with Gasteiger partial charge in [0.05, 0.1) is 8.81 Å². The Morgan fingerprint density at radius 2 is 2.44 bits per heavy atom. The number of thiophene rings is 1. The minimum atomic E-state index is 0.773. The van der Waals surface area contributed by atoms with Gasteiger partial charge in [0, 0.05) is 7.05 Å². The van der Waals surface area contributed by atoms with Crippen LogP contribution in [0.5, 0.6) is 0 Å². The molecular formula is C5H5BrClNS. The third-order valence-electron chi connectivity index (χ3n) is 0.884. The molecule has 0 saturated carbocycles. The van der Waals surface area contributed by atoms with Crippen molar-refractivity contribution in [1.29, 1.82) is 0 Å². The fourth-order valence-electron chi connectivity index (χ4n) is 0.511. The number of nitrogens with one attached hydrogen (secondary N) is 1. The van der Waals surface area contributed by atoms with Gasteiger partial charge in [-0.2, -0.15) is 0 Å². The Morgan fingerprint density at radius 3 is 2.67 bits per heavy atom. The minimum absolute atomic E-state index is 0.773. The maximum Gasteiger partial charge on any atom is 0.108 e. The molecule has 0 amide bonds. The molecule has 4 heteroatoms. The molecule has 1 rings (SSSR count). The van der Waals surface area contributed by atoms with Crippen LogP contribution in [0.4, 0.5) is 5.00 Å². The molecule has 0 aliphatic carbocycles. The summed E-state index contributed by atoms with van der Waals surface area (Å²) < 4.78 is 1.05. The third-order valence-corrected chi connectivity index (χ3v) is 2.95. The fourth-order valence-corrected chi connectivity index (χ4v) is 2.37. The molecule has 0 aliphatic heterocycles. The van der Waals surface area contributed by atoms with Crippen LogP contribution >= 0.6 is 38.9 Å². The van der Waals surface area contributed by atoms with Gasteiger partial charge in [-0.05, 0) is 22.0 Å². The van der Waals surface area contributed by atoms with Crippen molar-refractivity contribution in [1.82, 2.24) is 0 Å². The zero-order chi connectivity index (χ0) is 6.85. The molecule has 0 saturated heterocycles. The normalized spacial score (nSPS) is 9.67. The van der Waals surface area contributed by atoms with Gasteiger partial charge in [-0.15, -0.1) is 11.3 Å². The lowest BCUT2D eigenvalue weighted by Gasteiger charge is -1.90. The topological polar surface area (TPSA) is 12.0 Å². The van der Waals surface area contributed by atoms with Crippen molar-refractivity contribution in [2.45, 2.75) is 0 Å². The Labute approximate surface area is 71.2 Å². The summed E-state index contributed by atoms with van der Waals surface area (Å²) in [6.07, 6.45) is 0. The van der Waals surface area contributed by atoms with Gasteiger partial charge in [-0.3, -0.25) is 0 Å². The second-order valence-electron chi connectivity index (χ2n) is 1.48. The Balaban J connectivity index is 3.01. The first kappa shape index (κ1) is 7.38. The van der Waals surface area contributed by atoms with Gasteiger partial charge in [0.1, 0.15) is 5.00 Å². The van der Waals surface area contributed by atoms with Crippen LogP contribution in [-0.2, 0) is 0 Å². The molecule has 1 aromatic rings. The SMILES string of the molecule is CNc1sc(Br)cc1Cl. The zero-order valence-electron chi connectivity index (χ0n) is 4.74. The van der Waals surface area contributed by atoms with E-state index >= 15 is 0 Å². The third kappa shape index (κ3) is 1.60. The van der Waals surface area contributed by atoms with Crippen molar-refractivity contribution < 1.29 is 0 Å². The van der Waals surface area contributed by atoms with E-state index < -0.39 is 0 Å². The summed E-state index contributed by atoms with van der Waals surface area (Å²) in [6, 6.07) is 1.87. The maximum absolute atomic E-state index is 5.76. The molecule has 0 atom stereocenters. The lowest BCUT2D eigenvalue weighted by atomic mass is 10.6. The van der Waals surface area contributed by atoms with Gasteiger partial charge >= 0.3 is 0 Å². The van der Waals surface area contributed by atoms with E-state index in [-0.39, 0.29) is 0 Å². The van der Waals surface area contributed by atoms with E-state index in [1.165, 1.54) is 0 Å². The van der Waals surface area contributed by atoms with E-state index in [4.69, 9.17) is 11.6 Å². The maximum atomic E-state index is 5.76. The molecule has 1 nitrogen and oxygen atoms in total. The molecule has 0 aromatic carbocycles. The van der Waals surface area contributed by atoms with Crippen molar-refractivity contribution in [2.24, 2.45) is 0 Å². The van der Waals surface area contributed by atoms with E-state index in [1.54, 1.807) is 11.3 Å².